The largest absolute Gasteiger partial charge is 0.530 e. The molecular weight excluding hydrogens is 583 g/mol. The van der Waals surface area contributed by atoms with Crippen LogP contribution in [-0.2, 0) is 28.0 Å². The lowest BCUT2D eigenvalue weighted by Gasteiger charge is -2.27. The van der Waals surface area contributed by atoms with E-state index in [9.17, 15) is 17.8 Å². The number of sulfone groups is 1. The van der Waals surface area contributed by atoms with Crippen LogP contribution in [0, 0.1) is 0 Å². The van der Waals surface area contributed by atoms with E-state index >= 15 is 0 Å². The quantitative estimate of drug-likeness (QED) is 0.0754. The third-order valence-corrected chi connectivity index (χ3v) is 10.4. The molecule has 2 unspecified atom stereocenters. The van der Waals surface area contributed by atoms with Gasteiger partial charge in [-0.25, -0.2) is 13.0 Å². The van der Waals surface area contributed by atoms with Crippen LogP contribution >= 0.6 is 7.82 Å². The van der Waals surface area contributed by atoms with E-state index in [1.54, 1.807) is 111 Å². The number of phosphoric acid groups is 1. The number of hydrogen-bond donors (Lipinski definition) is 0. The molecule has 0 radical (unpaired) electrons. The zero-order valence-corrected chi connectivity index (χ0v) is 25.8. The van der Waals surface area contributed by atoms with Crippen molar-refractivity contribution < 1.29 is 31.3 Å². The Morgan fingerprint density at radius 2 is 1.19 bits per heavy atom. The third-order valence-electron chi connectivity index (χ3n) is 6.71. The summed E-state index contributed by atoms with van der Waals surface area (Å²) in [4.78, 5) is 13.7. The van der Waals surface area contributed by atoms with Crippen molar-refractivity contribution in [2.75, 3.05) is 13.2 Å². The van der Waals surface area contributed by atoms with Crippen molar-refractivity contribution >= 4 is 29.2 Å². The van der Waals surface area contributed by atoms with Crippen LogP contribution in [0.15, 0.2) is 132 Å². The molecule has 0 aliphatic heterocycles. The molecule has 0 amide bonds. The lowest BCUT2D eigenvalue weighted by atomic mass is 9.88. The van der Waals surface area contributed by atoms with Gasteiger partial charge in [0.05, 0.1) is 23.4 Å². The van der Waals surface area contributed by atoms with E-state index in [4.69, 9.17) is 13.6 Å². The molecular formula is C34H35O7PS. The predicted molar refractivity (Wildman–Crippen MR) is 168 cm³/mol. The number of ketones is 1. The zero-order chi connectivity index (χ0) is 30.7. The van der Waals surface area contributed by atoms with E-state index in [0.29, 0.717) is 16.7 Å². The van der Waals surface area contributed by atoms with E-state index in [0.717, 1.165) is 0 Å². The van der Waals surface area contributed by atoms with Crippen LogP contribution in [0.1, 0.15) is 47.7 Å². The highest BCUT2D eigenvalue weighted by Gasteiger charge is 2.38. The van der Waals surface area contributed by atoms with E-state index in [2.05, 4.69) is 0 Å². The van der Waals surface area contributed by atoms with E-state index in [-0.39, 0.29) is 36.1 Å². The van der Waals surface area contributed by atoms with Gasteiger partial charge in [-0.3, -0.25) is 13.8 Å². The highest BCUT2D eigenvalue weighted by Crippen LogP contribution is 2.53. The molecule has 7 nitrogen and oxygen atoms in total. The number of Topliss-reactive ketones (excluding diaryl/α,β-unsaturated/α-hetero) is 1. The number of benzene rings is 4. The molecule has 0 N–H and O–H groups in total. The molecule has 0 spiro atoms. The van der Waals surface area contributed by atoms with E-state index < -0.39 is 28.8 Å². The smallest absolute Gasteiger partial charge is 0.404 e. The summed E-state index contributed by atoms with van der Waals surface area (Å²) in [6, 6.07) is 34.6. The summed E-state index contributed by atoms with van der Waals surface area (Å²) < 4.78 is 59.4. The first-order valence-electron chi connectivity index (χ1n) is 14.1. The highest BCUT2D eigenvalue weighted by atomic mass is 32.2. The van der Waals surface area contributed by atoms with Gasteiger partial charge in [0.15, 0.2) is 15.6 Å². The van der Waals surface area contributed by atoms with Crippen LogP contribution < -0.4 is 0 Å². The average Bonchev–Trinajstić information content (AvgIpc) is 3.04. The minimum Gasteiger partial charge on any atom is -0.404 e. The first-order valence-corrected chi connectivity index (χ1v) is 17.1. The first kappa shape index (κ1) is 32.1. The molecule has 9 heteroatoms. The molecule has 0 aromatic heterocycles. The standard InChI is InChI=1S/C34H35O7PS/c1-3-39-42(36,40-4-2)41-33(29-21-13-7-14-22-29)26-34(43(37,38)30-23-15-8-16-24-30)31(27-17-9-5-10-18-27)25-32(35)28-19-11-6-12-20-28/h5-24,26,31,34H,3-4,25H2,1-2H3/b33-26-. The fraction of sp³-hybridized carbons (Fsp3) is 0.206. The van der Waals surface area contributed by atoms with Gasteiger partial charge in [0.1, 0.15) is 5.76 Å². The Bertz CT molecular complexity index is 1630. The van der Waals surface area contributed by atoms with Gasteiger partial charge >= 0.3 is 7.82 Å². The molecule has 4 aromatic rings. The SMILES string of the molecule is CCOP(=O)(OCC)O/C(=C\C(C(CC(=O)c1ccccc1)c1ccccc1)S(=O)(=O)c1ccccc1)c1ccccc1. The lowest BCUT2D eigenvalue weighted by molar-refractivity contribution is 0.0973. The molecule has 0 aliphatic carbocycles. The average molecular weight is 619 g/mol. The fourth-order valence-corrected chi connectivity index (χ4v) is 7.77. The van der Waals surface area contributed by atoms with Crippen LogP contribution in [-0.4, -0.2) is 32.7 Å². The molecule has 0 saturated carbocycles. The summed E-state index contributed by atoms with van der Waals surface area (Å²) in [5.41, 5.74) is 1.59. The van der Waals surface area contributed by atoms with Gasteiger partial charge in [-0.2, -0.15) is 0 Å². The molecule has 2 atom stereocenters. The van der Waals surface area contributed by atoms with Gasteiger partial charge in [-0.05, 0) is 37.6 Å². The van der Waals surface area contributed by atoms with Gasteiger partial charge in [0, 0.05) is 23.5 Å². The fourth-order valence-electron chi connectivity index (χ4n) is 4.71. The van der Waals surface area contributed by atoms with Crippen LogP contribution in [0.25, 0.3) is 5.76 Å². The van der Waals surface area contributed by atoms with Crippen molar-refractivity contribution in [1.82, 2.24) is 0 Å². The lowest BCUT2D eigenvalue weighted by Crippen LogP contribution is -2.29. The maximum Gasteiger partial charge on any atom is 0.530 e. The monoisotopic (exact) mass is 618 g/mol. The molecule has 43 heavy (non-hydrogen) atoms. The van der Waals surface area contributed by atoms with E-state index in [1.165, 1.54) is 18.2 Å². The minimum atomic E-state index is -4.14. The second-order valence-corrected chi connectivity index (χ2v) is 13.3. The van der Waals surface area contributed by atoms with E-state index in [1.807, 2.05) is 12.1 Å². The summed E-state index contributed by atoms with van der Waals surface area (Å²) in [7, 11) is -8.27. The Morgan fingerprint density at radius 1 is 0.721 bits per heavy atom. The topological polar surface area (TPSA) is 96.0 Å². The Morgan fingerprint density at radius 3 is 1.70 bits per heavy atom. The van der Waals surface area contributed by atoms with Crippen molar-refractivity contribution in [2.45, 2.75) is 36.3 Å². The Hall–Kier alpha value is -3.81. The Labute approximate surface area is 253 Å². The highest BCUT2D eigenvalue weighted by molar-refractivity contribution is 7.92. The summed E-state index contributed by atoms with van der Waals surface area (Å²) >= 11 is 0. The van der Waals surface area contributed by atoms with Gasteiger partial charge in [0.25, 0.3) is 0 Å². The second-order valence-electron chi connectivity index (χ2n) is 9.60. The van der Waals surface area contributed by atoms with Crippen molar-refractivity contribution in [1.29, 1.82) is 0 Å². The Balaban J connectivity index is 1.95. The molecule has 4 aromatic carbocycles. The van der Waals surface area contributed by atoms with Crippen molar-refractivity contribution in [2.24, 2.45) is 0 Å². The predicted octanol–water partition coefficient (Wildman–Crippen LogP) is 8.12. The zero-order valence-electron chi connectivity index (χ0n) is 24.1. The maximum absolute atomic E-state index is 14.5. The summed E-state index contributed by atoms with van der Waals surface area (Å²) in [5.74, 6) is -1.05. The molecule has 4 rings (SSSR count). The van der Waals surface area contributed by atoms with Crippen molar-refractivity contribution in [3.8, 4) is 0 Å². The first-order chi connectivity index (χ1) is 20.8. The maximum atomic E-state index is 14.5. The van der Waals surface area contributed by atoms with Gasteiger partial charge in [-0.1, -0.05) is 109 Å². The summed E-state index contributed by atoms with van der Waals surface area (Å²) in [5, 5.41) is -1.31. The third kappa shape index (κ3) is 8.39. The van der Waals surface area contributed by atoms with Crippen LogP contribution in [0.4, 0.5) is 0 Å². The van der Waals surface area contributed by atoms with Gasteiger partial charge < -0.3 is 4.52 Å². The van der Waals surface area contributed by atoms with Crippen molar-refractivity contribution in [3.05, 3.63) is 144 Å². The summed E-state index contributed by atoms with van der Waals surface area (Å²) in [6.07, 6.45) is 1.32. The normalized spacial score (nSPS) is 13.7. The van der Waals surface area contributed by atoms with Crippen LogP contribution in [0.5, 0.6) is 0 Å². The minimum absolute atomic E-state index is 0.00318. The molecule has 0 aliphatic rings. The number of hydrogen-bond acceptors (Lipinski definition) is 7. The van der Waals surface area contributed by atoms with Crippen LogP contribution in [0.2, 0.25) is 0 Å². The number of rotatable bonds is 15. The number of phosphoric ester groups is 1. The Kier molecular flexibility index (Phi) is 11.3. The summed E-state index contributed by atoms with van der Waals surface area (Å²) in [6.45, 7) is 3.40. The van der Waals surface area contributed by atoms with Gasteiger partial charge in [0.2, 0.25) is 0 Å². The van der Waals surface area contributed by atoms with Crippen molar-refractivity contribution in [3.63, 3.8) is 0 Å². The molecule has 224 valence electrons. The van der Waals surface area contributed by atoms with Gasteiger partial charge in [-0.15, -0.1) is 0 Å². The molecule has 0 heterocycles. The molecule has 0 saturated heterocycles. The second kappa shape index (κ2) is 15.1. The number of carbonyl (C=O) groups excluding carboxylic acids is 1. The van der Waals surface area contributed by atoms with Crippen LogP contribution in [0.3, 0.4) is 0 Å². The molecule has 0 bridgehead atoms. The molecule has 0 fully saturated rings. The number of carbonyl (C=O) groups is 1.